The van der Waals surface area contributed by atoms with Crippen molar-refractivity contribution in [2.45, 2.75) is 102 Å². The quantitative estimate of drug-likeness (QED) is 0.149. The van der Waals surface area contributed by atoms with Gasteiger partial charge in [-0.25, -0.2) is 0 Å². The second-order valence-corrected chi connectivity index (χ2v) is 17.9. The van der Waals surface area contributed by atoms with E-state index in [9.17, 15) is 0 Å². The number of benzene rings is 8. The van der Waals surface area contributed by atoms with Crippen molar-refractivity contribution in [1.29, 1.82) is 0 Å². The van der Waals surface area contributed by atoms with Gasteiger partial charge in [-0.15, -0.1) is 0 Å². The SMILES string of the molecule is Cc1ccc(-c2c3cc(C(C)C)ccc3c(-c3c(C)cc(C)cc3C)c3c(-c4c(C)cc(C)cc4C)c4cc(C(C)C)ccc4c(-c4ccc(C)cc4C)c23)cc1. The van der Waals surface area contributed by atoms with Crippen LogP contribution in [0, 0.1) is 62.3 Å². The maximum atomic E-state index is 2.54. The summed E-state index contributed by atoms with van der Waals surface area (Å²) >= 11 is 0. The van der Waals surface area contributed by atoms with Crippen LogP contribution >= 0.6 is 0 Å². The maximum absolute atomic E-state index is 2.54. The van der Waals surface area contributed by atoms with Crippen LogP contribution in [0.3, 0.4) is 0 Å². The summed E-state index contributed by atoms with van der Waals surface area (Å²) in [6, 6.07) is 40.7. The predicted molar refractivity (Wildman–Crippen MR) is 252 cm³/mol. The third-order valence-corrected chi connectivity index (χ3v) is 12.6. The molecule has 0 fully saturated rings. The molecule has 8 aromatic rings. The first-order chi connectivity index (χ1) is 27.1. The van der Waals surface area contributed by atoms with E-state index in [4.69, 9.17) is 0 Å². The zero-order chi connectivity index (χ0) is 40.6. The lowest BCUT2D eigenvalue weighted by molar-refractivity contribution is 0.869. The number of rotatable bonds is 6. The normalized spacial score (nSPS) is 11.9. The fourth-order valence-corrected chi connectivity index (χ4v) is 10.0. The molecule has 8 rings (SSSR count). The fraction of sp³-hybridized carbons (Fsp3) is 0.263. The van der Waals surface area contributed by atoms with Crippen LogP contribution in [-0.2, 0) is 0 Å². The first-order valence-corrected chi connectivity index (χ1v) is 21.0. The van der Waals surface area contributed by atoms with Crippen LogP contribution in [0.5, 0.6) is 0 Å². The van der Waals surface area contributed by atoms with Crippen molar-refractivity contribution in [3.05, 3.63) is 164 Å². The molecule has 0 radical (unpaired) electrons. The van der Waals surface area contributed by atoms with Gasteiger partial charge in [0.25, 0.3) is 0 Å². The van der Waals surface area contributed by atoms with E-state index in [0.29, 0.717) is 11.8 Å². The highest BCUT2D eigenvalue weighted by Crippen LogP contribution is 2.56. The lowest BCUT2D eigenvalue weighted by atomic mass is 9.74. The molecular weight excluding hydrogens is 685 g/mol. The molecular formula is C57H58. The summed E-state index contributed by atoms with van der Waals surface area (Å²) in [5.74, 6) is 0.776. The topological polar surface area (TPSA) is 0 Å². The summed E-state index contributed by atoms with van der Waals surface area (Å²) in [6.45, 7) is 29.8. The van der Waals surface area contributed by atoms with Crippen LogP contribution in [0.25, 0.3) is 76.8 Å². The minimum absolute atomic E-state index is 0.387. The molecule has 0 heteroatoms. The first kappa shape index (κ1) is 38.4. The van der Waals surface area contributed by atoms with E-state index in [2.05, 4.69) is 193 Å². The standard InChI is InChI=1S/C57H58/c1-31(2)43-20-23-47-48(29-43)52(42-17-14-33(5)15-18-42)56-53(45-21-16-34(6)24-37(45)9)46-22-19-44(32(3)4)30-49(46)55(51-40(12)27-36(8)28-41(51)13)57(56)54(47)50-38(10)25-35(7)26-39(50)11/h14-32H,1-13H3. The summed E-state index contributed by atoms with van der Waals surface area (Å²) in [5.41, 5.74) is 25.0. The van der Waals surface area contributed by atoms with Gasteiger partial charge in [-0.2, -0.15) is 0 Å². The Balaban J connectivity index is 1.84. The predicted octanol–water partition coefficient (Wildman–Crippen LogP) is 16.8. The molecule has 0 saturated heterocycles. The number of hydrogen-bond donors (Lipinski definition) is 0. The molecule has 0 amide bonds. The Morgan fingerprint density at radius 2 is 0.702 bits per heavy atom. The lowest BCUT2D eigenvalue weighted by Gasteiger charge is -2.28. The van der Waals surface area contributed by atoms with E-state index < -0.39 is 0 Å². The Morgan fingerprint density at radius 1 is 0.298 bits per heavy atom. The van der Waals surface area contributed by atoms with Gasteiger partial charge in [-0.1, -0.05) is 153 Å². The largest absolute Gasteiger partial charge is 0.0587 e. The molecule has 286 valence electrons. The summed E-state index contributed by atoms with van der Waals surface area (Å²) in [4.78, 5) is 0. The molecule has 0 aliphatic carbocycles. The summed E-state index contributed by atoms with van der Waals surface area (Å²) < 4.78 is 0. The van der Waals surface area contributed by atoms with Gasteiger partial charge >= 0.3 is 0 Å². The van der Waals surface area contributed by atoms with Crippen molar-refractivity contribution in [1.82, 2.24) is 0 Å². The third kappa shape index (κ3) is 6.48. The van der Waals surface area contributed by atoms with E-state index in [0.717, 1.165) is 0 Å². The molecule has 0 bridgehead atoms. The van der Waals surface area contributed by atoms with E-state index in [1.54, 1.807) is 0 Å². The van der Waals surface area contributed by atoms with Crippen molar-refractivity contribution in [2.75, 3.05) is 0 Å². The molecule has 0 aliphatic rings. The summed E-state index contributed by atoms with van der Waals surface area (Å²) in [6.07, 6.45) is 0. The molecule has 57 heavy (non-hydrogen) atoms. The number of aryl methyl sites for hydroxylation is 9. The monoisotopic (exact) mass is 742 g/mol. The van der Waals surface area contributed by atoms with Crippen molar-refractivity contribution in [2.24, 2.45) is 0 Å². The highest BCUT2D eigenvalue weighted by molar-refractivity contribution is 6.34. The number of fused-ring (bicyclic) bond motifs is 3. The Kier molecular flexibility index (Phi) is 9.76. The molecule has 0 nitrogen and oxygen atoms in total. The highest BCUT2D eigenvalue weighted by Gasteiger charge is 2.29. The third-order valence-electron chi connectivity index (χ3n) is 12.6. The van der Waals surface area contributed by atoms with Crippen molar-refractivity contribution in [3.8, 4) is 44.5 Å². The lowest BCUT2D eigenvalue weighted by Crippen LogP contribution is -2.03. The minimum Gasteiger partial charge on any atom is -0.0587 e. The van der Waals surface area contributed by atoms with Gasteiger partial charge in [0.05, 0.1) is 0 Å². The van der Waals surface area contributed by atoms with E-state index >= 15 is 0 Å². The maximum Gasteiger partial charge on any atom is -0.0000984 e. The smallest absolute Gasteiger partial charge is 0.0000984 e. The number of hydrogen-bond acceptors (Lipinski definition) is 0. The van der Waals surface area contributed by atoms with Crippen LogP contribution in [0.1, 0.15) is 101 Å². The van der Waals surface area contributed by atoms with E-state index in [-0.39, 0.29) is 0 Å². The Bertz CT molecular complexity index is 2860. The van der Waals surface area contributed by atoms with Crippen LogP contribution in [0.4, 0.5) is 0 Å². The van der Waals surface area contributed by atoms with Gasteiger partial charge in [0.2, 0.25) is 0 Å². The van der Waals surface area contributed by atoms with Gasteiger partial charge in [0.1, 0.15) is 0 Å². The van der Waals surface area contributed by atoms with Gasteiger partial charge in [0, 0.05) is 0 Å². The molecule has 0 N–H and O–H groups in total. The molecule has 8 aromatic carbocycles. The Labute approximate surface area is 341 Å². The van der Waals surface area contributed by atoms with Crippen molar-refractivity contribution < 1.29 is 0 Å². The molecule has 0 heterocycles. The fourth-order valence-electron chi connectivity index (χ4n) is 10.0. The van der Waals surface area contributed by atoms with E-state index in [1.165, 1.54) is 138 Å². The Morgan fingerprint density at radius 3 is 1.18 bits per heavy atom. The van der Waals surface area contributed by atoms with Crippen LogP contribution in [0.15, 0.2) is 103 Å². The van der Waals surface area contributed by atoms with Gasteiger partial charge in [-0.05, 0) is 190 Å². The average Bonchev–Trinajstić information content (AvgIpc) is 3.14. The molecule has 0 aliphatic heterocycles. The second kappa shape index (κ2) is 14.5. The first-order valence-electron chi connectivity index (χ1n) is 21.0. The summed E-state index contributed by atoms with van der Waals surface area (Å²) in [7, 11) is 0. The molecule has 0 saturated carbocycles. The molecule has 0 aromatic heterocycles. The van der Waals surface area contributed by atoms with Gasteiger partial charge in [0.15, 0.2) is 0 Å². The summed E-state index contributed by atoms with van der Waals surface area (Å²) in [5, 5.41) is 7.96. The highest BCUT2D eigenvalue weighted by atomic mass is 14.3. The van der Waals surface area contributed by atoms with E-state index in [1.807, 2.05) is 0 Å². The molecule has 0 unspecified atom stereocenters. The molecule has 0 spiro atoms. The second-order valence-electron chi connectivity index (χ2n) is 17.9. The van der Waals surface area contributed by atoms with Gasteiger partial charge < -0.3 is 0 Å². The minimum atomic E-state index is 0.387. The van der Waals surface area contributed by atoms with Crippen LogP contribution in [-0.4, -0.2) is 0 Å². The van der Waals surface area contributed by atoms with Crippen LogP contribution < -0.4 is 0 Å². The van der Waals surface area contributed by atoms with Crippen LogP contribution in [0.2, 0.25) is 0 Å². The zero-order valence-corrected chi connectivity index (χ0v) is 36.5. The Hall–Kier alpha value is -5.46. The van der Waals surface area contributed by atoms with Crippen molar-refractivity contribution >= 4 is 32.3 Å². The van der Waals surface area contributed by atoms with Crippen molar-refractivity contribution in [3.63, 3.8) is 0 Å². The zero-order valence-electron chi connectivity index (χ0n) is 36.5. The molecule has 0 atom stereocenters. The van der Waals surface area contributed by atoms with Gasteiger partial charge in [-0.3, -0.25) is 0 Å². The average molecular weight is 743 g/mol.